The normalized spacial score (nSPS) is 13.5. The van der Waals surface area contributed by atoms with E-state index in [-0.39, 0.29) is 18.2 Å². The number of rotatable bonds is 5. The highest BCUT2D eigenvalue weighted by Crippen LogP contribution is 2.23. The fraction of sp³-hybridized carbons (Fsp3) is 0.217. The van der Waals surface area contributed by atoms with Crippen LogP contribution in [0.15, 0.2) is 60.5 Å². The minimum atomic E-state index is -0.223. The number of hydrogen-bond donors (Lipinski definition) is 0. The van der Waals surface area contributed by atoms with Crippen LogP contribution >= 0.6 is 11.3 Å². The van der Waals surface area contributed by atoms with Crippen LogP contribution in [0.5, 0.6) is 0 Å². The van der Waals surface area contributed by atoms with Gasteiger partial charge < -0.3 is 0 Å². The van der Waals surface area contributed by atoms with Crippen LogP contribution in [-0.2, 0) is 11.2 Å². The van der Waals surface area contributed by atoms with E-state index in [1.165, 1.54) is 21.4 Å². The molecule has 10 heteroatoms. The zero-order valence-electron chi connectivity index (χ0n) is 18.0. The van der Waals surface area contributed by atoms with Crippen molar-refractivity contribution in [1.29, 1.82) is 0 Å². The van der Waals surface area contributed by atoms with E-state index >= 15 is 0 Å². The topological polar surface area (TPSA) is 97.1 Å². The van der Waals surface area contributed by atoms with Crippen LogP contribution in [0, 0.1) is 6.92 Å². The van der Waals surface area contributed by atoms with Gasteiger partial charge in [-0.3, -0.25) is 24.6 Å². The lowest BCUT2D eigenvalue weighted by Gasteiger charge is -2.27. The molecule has 0 saturated carbocycles. The molecule has 1 saturated heterocycles. The molecule has 9 nitrogen and oxygen atoms in total. The molecule has 0 bridgehead atoms. The van der Waals surface area contributed by atoms with Gasteiger partial charge in [-0.2, -0.15) is 5.10 Å². The summed E-state index contributed by atoms with van der Waals surface area (Å²) in [6, 6.07) is 9.65. The van der Waals surface area contributed by atoms with E-state index in [1.54, 1.807) is 29.5 Å². The Kier molecular flexibility index (Phi) is 5.66. The Morgan fingerprint density at radius 2 is 1.88 bits per heavy atom. The van der Waals surface area contributed by atoms with E-state index in [1.807, 2.05) is 42.6 Å². The highest BCUT2D eigenvalue weighted by atomic mass is 32.1. The largest absolute Gasteiger partial charge is 0.275 e. The lowest BCUT2D eigenvalue weighted by molar-refractivity contribution is -0.139. The van der Waals surface area contributed by atoms with Gasteiger partial charge in [0.15, 0.2) is 0 Å². The van der Waals surface area contributed by atoms with Crippen LogP contribution in [0.1, 0.15) is 28.2 Å². The number of hydrogen-bond acceptors (Lipinski definition) is 7. The number of carbonyl (C=O) groups is 2. The van der Waals surface area contributed by atoms with Crippen molar-refractivity contribution in [3.8, 4) is 16.4 Å². The number of hydrazine groups is 1. The molecule has 0 spiro atoms. The van der Waals surface area contributed by atoms with Gasteiger partial charge in [0.2, 0.25) is 5.91 Å². The van der Waals surface area contributed by atoms with E-state index in [0.29, 0.717) is 35.0 Å². The average Bonchev–Trinajstić information content (AvgIpc) is 3.60. The van der Waals surface area contributed by atoms with Crippen molar-refractivity contribution in [2.75, 3.05) is 13.1 Å². The van der Waals surface area contributed by atoms with Gasteiger partial charge in [-0.1, -0.05) is 18.2 Å². The van der Waals surface area contributed by atoms with Crippen LogP contribution in [-0.4, -0.2) is 59.7 Å². The average molecular weight is 460 g/mol. The SMILES string of the molecule is Cc1c(C(=O)N2CCCN2C(=O)Cc2csc(-c3cnccn3)n2)cnn1-c1ccccc1. The zero-order chi connectivity index (χ0) is 22.8. The van der Waals surface area contributed by atoms with Gasteiger partial charge in [0, 0.05) is 30.9 Å². The van der Waals surface area contributed by atoms with Crippen molar-refractivity contribution in [3.63, 3.8) is 0 Å². The van der Waals surface area contributed by atoms with Gasteiger partial charge in [-0.25, -0.2) is 14.7 Å². The predicted molar refractivity (Wildman–Crippen MR) is 123 cm³/mol. The van der Waals surface area contributed by atoms with E-state index in [2.05, 4.69) is 20.1 Å². The molecule has 166 valence electrons. The summed E-state index contributed by atoms with van der Waals surface area (Å²) in [7, 11) is 0. The number of amides is 2. The van der Waals surface area contributed by atoms with Gasteiger partial charge in [-0.05, 0) is 25.5 Å². The number of benzene rings is 1. The van der Waals surface area contributed by atoms with Crippen LogP contribution in [0.3, 0.4) is 0 Å². The second-order valence-corrected chi connectivity index (χ2v) is 8.46. The lowest BCUT2D eigenvalue weighted by atomic mass is 10.2. The summed E-state index contributed by atoms with van der Waals surface area (Å²) in [6.07, 6.45) is 7.26. The van der Waals surface area contributed by atoms with Crippen molar-refractivity contribution in [1.82, 2.24) is 34.8 Å². The molecule has 0 aliphatic carbocycles. The third-order valence-corrected chi connectivity index (χ3v) is 6.37. The number of nitrogens with zero attached hydrogens (tertiary/aromatic N) is 7. The number of para-hydroxylation sites is 1. The van der Waals surface area contributed by atoms with Gasteiger partial charge in [0.05, 0.1) is 41.5 Å². The molecular weight excluding hydrogens is 438 g/mol. The zero-order valence-corrected chi connectivity index (χ0v) is 18.8. The Morgan fingerprint density at radius 1 is 1.06 bits per heavy atom. The summed E-state index contributed by atoms with van der Waals surface area (Å²) in [6.45, 7) is 2.85. The maximum atomic E-state index is 13.3. The maximum Gasteiger partial charge on any atom is 0.275 e. The van der Waals surface area contributed by atoms with Gasteiger partial charge in [0.1, 0.15) is 10.7 Å². The third-order valence-electron chi connectivity index (χ3n) is 5.46. The molecule has 4 heterocycles. The summed E-state index contributed by atoms with van der Waals surface area (Å²) < 4.78 is 1.73. The Morgan fingerprint density at radius 3 is 2.67 bits per heavy atom. The molecule has 0 unspecified atom stereocenters. The molecule has 33 heavy (non-hydrogen) atoms. The van der Waals surface area contributed by atoms with E-state index in [0.717, 1.165) is 17.8 Å². The minimum absolute atomic E-state index is 0.114. The summed E-state index contributed by atoms with van der Waals surface area (Å²) in [5, 5.41) is 10.0. The number of aromatic nitrogens is 5. The second-order valence-electron chi connectivity index (χ2n) is 7.60. The second kappa shape index (κ2) is 8.91. The van der Waals surface area contributed by atoms with E-state index < -0.39 is 0 Å². The monoisotopic (exact) mass is 459 g/mol. The quantitative estimate of drug-likeness (QED) is 0.455. The first-order valence-electron chi connectivity index (χ1n) is 10.5. The fourth-order valence-corrected chi connectivity index (χ4v) is 4.61. The van der Waals surface area contributed by atoms with Crippen molar-refractivity contribution in [3.05, 3.63) is 77.5 Å². The molecule has 0 N–H and O–H groups in total. The first-order chi connectivity index (χ1) is 16.1. The molecule has 2 amide bonds. The Bertz CT molecular complexity index is 1290. The smallest absolute Gasteiger partial charge is 0.273 e. The third kappa shape index (κ3) is 4.12. The van der Waals surface area contributed by atoms with Crippen LogP contribution < -0.4 is 0 Å². The Labute approximate surface area is 194 Å². The molecule has 3 aromatic heterocycles. The minimum Gasteiger partial charge on any atom is -0.273 e. The Hall–Kier alpha value is -3.92. The molecule has 4 aromatic rings. The lowest BCUT2D eigenvalue weighted by Crippen LogP contribution is -2.45. The van der Waals surface area contributed by atoms with Crippen molar-refractivity contribution >= 4 is 23.2 Å². The van der Waals surface area contributed by atoms with E-state index in [9.17, 15) is 9.59 Å². The number of carbonyl (C=O) groups excluding carboxylic acids is 2. The van der Waals surface area contributed by atoms with Crippen molar-refractivity contribution in [2.45, 2.75) is 19.8 Å². The first kappa shape index (κ1) is 21.0. The molecule has 1 fully saturated rings. The standard InChI is InChI=1S/C23H21N7O2S/c1-16-19(13-26-30(16)18-6-3-2-4-7-18)23(32)29-11-5-10-28(29)21(31)12-17-15-33-22(27-17)20-14-24-8-9-25-20/h2-4,6-9,13-15H,5,10-12H2,1H3. The molecular formula is C23H21N7O2S. The highest BCUT2D eigenvalue weighted by Gasteiger charge is 2.33. The van der Waals surface area contributed by atoms with E-state index in [4.69, 9.17) is 0 Å². The predicted octanol–water partition coefficient (Wildman–Crippen LogP) is 2.93. The molecule has 5 rings (SSSR count). The highest BCUT2D eigenvalue weighted by molar-refractivity contribution is 7.13. The first-order valence-corrected chi connectivity index (χ1v) is 11.4. The van der Waals surface area contributed by atoms with Gasteiger partial charge in [-0.15, -0.1) is 11.3 Å². The molecule has 0 radical (unpaired) electrons. The van der Waals surface area contributed by atoms with Crippen LogP contribution in [0.4, 0.5) is 0 Å². The summed E-state index contributed by atoms with van der Waals surface area (Å²) in [5.41, 5.74) is 3.42. The fourth-order valence-electron chi connectivity index (χ4n) is 3.83. The van der Waals surface area contributed by atoms with Gasteiger partial charge >= 0.3 is 0 Å². The molecule has 1 aromatic carbocycles. The van der Waals surface area contributed by atoms with Crippen LogP contribution in [0.25, 0.3) is 16.4 Å². The Balaban J connectivity index is 1.31. The summed E-state index contributed by atoms with van der Waals surface area (Å²) >= 11 is 1.42. The van der Waals surface area contributed by atoms with Crippen molar-refractivity contribution < 1.29 is 9.59 Å². The van der Waals surface area contributed by atoms with Crippen LogP contribution in [0.2, 0.25) is 0 Å². The summed E-state index contributed by atoms with van der Waals surface area (Å²) in [4.78, 5) is 39.2. The van der Waals surface area contributed by atoms with Crippen molar-refractivity contribution in [2.24, 2.45) is 0 Å². The summed E-state index contributed by atoms with van der Waals surface area (Å²) in [5.74, 6) is -0.385. The molecule has 0 atom stereocenters. The molecule has 1 aliphatic heterocycles. The number of thiazole rings is 1. The maximum absolute atomic E-state index is 13.3. The molecule has 1 aliphatic rings. The van der Waals surface area contributed by atoms with Gasteiger partial charge in [0.25, 0.3) is 5.91 Å².